The Kier molecular flexibility index (Phi) is 6.12. The van der Waals surface area contributed by atoms with Crippen molar-refractivity contribution < 1.29 is 4.42 Å². The minimum atomic E-state index is 0.980. The third-order valence-corrected chi connectivity index (χ3v) is 8.24. The molecule has 0 radical (unpaired) electrons. The van der Waals surface area contributed by atoms with Crippen LogP contribution in [0.25, 0.3) is 33.4 Å². The van der Waals surface area contributed by atoms with Crippen LogP contribution in [0.15, 0.2) is 16.5 Å². The molecule has 2 aromatic carbocycles. The van der Waals surface area contributed by atoms with Gasteiger partial charge in [-0.1, -0.05) is 0 Å². The van der Waals surface area contributed by atoms with Crippen molar-refractivity contribution in [3.63, 3.8) is 0 Å². The summed E-state index contributed by atoms with van der Waals surface area (Å²) >= 11 is 0. The van der Waals surface area contributed by atoms with Crippen LogP contribution in [0, 0.1) is 62.3 Å². The topological polar surface area (TPSA) is 19.4 Å². The van der Waals surface area contributed by atoms with Crippen LogP contribution >= 0.6 is 0 Å². The van der Waals surface area contributed by atoms with Gasteiger partial charge in [-0.15, -0.1) is 0 Å². The Morgan fingerprint density at radius 3 is 1.69 bits per heavy atom. The Morgan fingerprint density at radius 1 is 0.629 bits per heavy atom. The number of fused-ring (bicyclic) bond motifs is 2. The number of benzene rings is 3. The minimum absolute atomic E-state index is 0.980. The molecule has 0 unspecified atom stereocenters. The van der Waals surface area contributed by atoms with E-state index in [-0.39, 0.29) is 0 Å². The van der Waals surface area contributed by atoms with Crippen LogP contribution < -0.4 is 14.8 Å². The molecule has 0 saturated carbocycles. The molecule has 35 heavy (non-hydrogen) atoms. The Bertz CT molecular complexity index is 1530. The largest absolute Gasteiger partial charge is 0.455 e. The number of rotatable bonds is 2. The molecular formula is C32H41N2O+. The molecule has 0 atom stereocenters. The number of aryl methyl sites for hydroxylation is 3. The second-order valence-electron chi connectivity index (χ2n) is 10.9. The zero-order valence-electron chi connectivity index (χ0n) is 24.0. The summed E-state index contributed by atoms with van der Waals surface area (Å²) in [6, 6.07) is 4.67. The molecule has 1 heterocycles. The summed E-state index contributed by atoms with van der Waals surface area (Å²) in [7, 11) is 8.46. The van der Waals surface area contributed by atoms with E-state index in [0.29, 0.717) is 0 Å². The highest BCUT2D eigenvalue weighted by Crippen LogP contribution is 2.47. The van der Waals surface area contributed by atoms with E-state index in [4.69, 9.17) is 4.42 Å². The van der Waals surface area contributed by atoms with E-state index in [1.165, 1.54) is 83.2 Å². The zero-order chi connectivity index (χ0) is 26.1. The van der Waals surface area contributed by atoms with Crippen molar-refractivity contribution >= 4 is 16.7 Å². The molecule has 0 amide bonds. The van der Waals surface area contributed by atoms with Crippen LogP contribution in [-0.4, -0.2) is 28.2 Å². The second-order valence-corrected chi connectivity index (χ2v) is 10.9. The van der Waals surface area contributed by atoms with Gasteiger partial charge in [0.2, 0.25) is 5.36 Å². The van der Waals surface area contributed by atoms with Crippen molar-refractivity contribution in [2.45, 2.75) is 62.3 Å². The van der Waals surface area contributed by atoms with Crippen molar-refractivity contribution in [3.05, 3.63) is 67.6 Å². The van der Waals surface area contributed by atoms with Crippen LogP contribution in [0.5, 0.6) is 0 Å². The lowest BCUT2D eigenvalue weighted by molar-refractivity contribution is 0.609. The molecule has 184 valence electrons. The van der Waals surface area contributed by atoms with E-state index in [2.05, 4.69) is 112 Å². The summed E-state index contributed by atoms with van der Waals surface area (Å²) in [6.07, 6.45) is 0. The van der Waals surface area contributed by atoms with Gasteiger partial charge in [0, 0.05) is 47.4 Å². The molecule has 2 aliphatic rings. The van der Waals surface area contributed by atoms with Crippen molar-refractivity contribution in [1.29, 1.82) is 0 Å². The van der Waals surface area contributed by atoms with Crippen molar-refractivity contribution in [2.24, 2.45) is 0 Å². The number of hydrogen-bond donors (Lipinski definition) is 0. The van der Waals surface area contributed by atoms with E-state index in [9.17, 15) is 0 Å². The molecule has 4 rings (SSSR count). The van der Waals surface area contributed by atoms with Crippen molar-refractivity contribution in [1.82, 2.24) is 4.58 Å². The Balaban J connectivity index is 2.41. The van der Waals surface area contributed by atoms with Crippen LogP contribution in [-0.2, 0) is 0 Å². The minimum Gasteiger partial charge on any atom is -0.455 e. The average molecular weight is 470 g/mol. The lowest BCUT2D eigenvalue weighted by Gasteiger charge is -2.26. The molecule has 0 bridgehead atoms. The first kappa shape index (κ1) is 25.0. The lowest BCUT2D eigenvalue weighted by Crippen LogP contribution is -2.28. The molecular weight excluding hydrogens is 428 g/mol. The van der Waals surface area contributed by atoms with Crippen LogP contribution in [0.2, 0.25) is 0 Å². The number of nitrogens with zero attached hydrogens (tertiary/aromatic N) is 2. The maximum Gasteiger partial charge on any atom is 0.209 e. The normalized spacial score (nSPS) is 11.6. The molecule has 3 heteroatoms. The van der Waals surface area contributed by atoms with Gasteiger partial charge in [-0.25, -0.2) is 4.58 Å². The average Bonchev–Trinajstić information content (AvgIpc) is 2.76. The molecule has 1 aliphatic carbocycles. The van der Waals surface area contributed by atoms with Gasteiger partial charge in [0.25, 0.3) is 0 Å². The zero-order valence-corrected chi connectivity index (χ0v) is 24.0. The first-order valence-electron chi connectivity index (χ1n) is 12.5. The van der Waals surface area contributed by atoms with Gasteiger partial charge >= 0.3 is 0 Å². The van der Waals surface area contributed by atoms with Gasteiger partial charge in [-0.3, -0.25) is 0 Å². The standard InChI is InChI=1S/C32H41N2O/c1-16-14-25-28(27-21(6)19(4)18(3)20(5)22(27)7)26-15-17(2)30(34(12)13)24(9)32(26)35-31(25)23(8)29(16)33(10)11/h14-15H,1-13H3/q+1. The van der Waals surface area contributed by atoms with E-state index in [1.807, 2.05) is 0 Å². The van der Waals surface area contributed by atoms with Crippen LogP contribution in [0.1, 0.15) is 50.1 Å². The molecule has 0 saturated heterocycles. The number of hydrogen-bond acceptors (Lipinski definition) is 2. The molecule has 3 nitrogen and oxygen atoms in total. The third-order valence-electron chi connectivity index (χ3n) is 8.24. The van der Waals surface area contributed by atoms with Gasteiger partial charge in [0.05, 0.1) is 5.56 Å². The van der Waals surface area contributed by atoms with Gasteiger partial charge in [-0.2, -0.15) is 0 Å². The molecule has 0 spiro atoms. The van der Waals surface area contributed by atoms with Gasteiger partial charge < -0.3 is 9.32 Å². The van der Waals surface area contributed by atoms with Crippen molar-refractivity contribution in [2.75, 3.05) is 33.1 Å². The summed E-state index contributed by atoms with van der Waals surface area (Å²) in [5.74, 6) is 0.980. The third kappa shape index (κ3) is 3.59. The highest BCUT2D eigenvalue weighted by atomic mass is 16.3. The fourth-order valence-corrected chi connectivity index (χ4v) is 6.31. The molecule has 2 aromatic rings. The van der Waals surface area contributed by atoms with E-state index < -0.39 is 0 Å². The van der Waals surface area contributed by atoms with E-state index in [0.717, 1.165) is 11.3 Å². The molecule has 0 fully saturated rings. The maximum atomic E-state index is 6.87. The maximum absolute atomic E-state index is 6.87. The molecule has 1 aliphatic heterocycles. The Morgan fingerprint density at radius 2 is 1.17 bits per heavy atom. The summed E-state index contributed by atoms with van der Waals surface area (Å²) < 4.78 is 9.07. The monoisotopic (exact) mass is 469 g/mol. The summed E-state index contributed by atoms with van der Waals surface area (Å²) in [5.41, 5.74) is 17.8. The predicted octanol–water partition coefficient (Wildman–Crippen LogP) is 7.08. The Labute approximate surface area is 211 Å². The van der Waals surface area contributed by atoms with Crippen LogP contribution in [0.3, 0.4) is 0 Å². The van der Waals surface area contributed by atoms with E-state index in [1.54, 1.807) is 0 Å². The van der Waals surface area contributed by atoms with E-state index >= 15 is 0 Å². The summed E-state index contributed by atoms with van der Waals surface area (Å²) in [6.45, 7) is 20.2. The highest BCUT2D eigenvalue weighted by Gasteiger charge is 2.27. The molecule has 0 N–H and O–H groups in total. The van der Waals surface area contributed by atoms with Crippen molar-refractivity contribution in [3.8, 4) is 22.5 Å². The van der Waals surface area contributed by atoms with Crippen LogP contribution in [0.4, 0.5) is 5.69 Å². The second kappa shape index (κ2) is 8.55. The fourth-order valence-electron chi connectivity index (χ4n) is 6.31. The predicted molar refractivity (Wildman–Crippen MR) is 152 cm³/mol. The highest BCUT2D eigenvalue weighted by molar-refractivity contribution is 6.06. The van der Waals surface area contributed by atoms with Gasteiger partial charge in [0.1, 0.15) is 25.4 Å². The summed E-state index contributed by atoms with van der Waals surface area (Å²) in [5, 5.41) is 2.43. The SMILES string of the molecule is Cc1cc2c(-c3c(C)c(C)c(C)c(C)c3C)c3cc(C)c(=[N+](C)C)c(C)c-3oc2c(C)c1N(C)C. The Hall–Kier alpha value is -3.07. The fraction of sp³-hybridized carbons (Fsp3) is 0.406. The summed E-state index contributed by atoms with van der Waals surface area (Å²) in [4.78, 5) is 2.20. The lowest BCUT2D eigenvalue weighted by atomic mass is 9.81. The first-order valence-corrected chi connectivity index (χ1v) is 12.5. The van der Waals surface area contributed by atoms with Gasteiger partial charge in [-0.05, 0) is 113 Å². The number of anilines is 1. The molecule has 0 aromatic heterocycles. The first-order chi connectivity index (χ1) is 16.3. The quantitative estimate of drug-likeness (QED) is 0.231. The van der Waals surface area contributed by atoms with Gasteiger partial charge in [0.15, 0.2) is 0 Å². The smallest absolute Gasteiger partial charge is 0.209 e.